The smallest absolute Gasteiger partial charge is 0.318 e. The molecular formula is C22H20ClN3O2S. The zero-order valence-electron chi connectivity index (χ0n) is 15.7. The lowest BCUT2D eigenvalue weighted by Crippen LogP contribution is -2.24. The van der Waals surface area contributed by atoms with E-state index in [4.69, 9.17) is 11.6 Å². The van der Waals surface area contributed by atoms with Gasteiger partial charge in [0.15, 0.2) is 0 Å². The summed E-state index contributed by atoms with van der Waals surface area (Å²) >= 11 is 7.61. The summed E-state index contributed by atoms with van der Waals surface area (Å²) < 4.78 is 0. The molecule has 0 saturated heterocycles. The Morgan fingerprint density at radius 1 is 0.897 bits per heavy atom. The lowest BCUT2D eigenvalue weighted by Gasteiger charge is -2.09. The van der Waals surface area contributed by atoms with Crippen LogP contribution in [-0.2, 0) is 5.75 Å². The molecule has 3 rings (SSSR count). The molecule has 3 amide bonds. The maximum absolute atomic E-state index is 12.5. The van der Waals surface area contributed by atoms with Crippen LogP contribution in [0.3, 0.4) is 0 Å². The number of carbonyl (C=O) groups is 2. The molecule has 3 N–H and O–H groups in total. The van der Waals surface area contributed by atoms with Gasteiger partial charge >= 0.3 is 6.03 Å². The van der Waals surface area contributed by atoms with Crippen molar-refractivity contribution >= 4 is 46.7 Å². The Bertz CT molecular complexity index is 992. The van der Waals surface area contributed by atoms with Crippen LogP contribution in [0, 0.1) is 0 Å². The van der Waals surface area contributed by atoms with E-state index >= 15 is 0 Å². The Morgan fingerprint density at radius 3 is 2.21 bits per heavy atom. The quantitative estimate of drug-likeness (QED) is 0.448. The average Bonchev–Trinajstić information content (AvgIpc) is 2.74. The highest BCUT2D eigenvalue weighted by Crippen LogP contribution is 2.24. The fourth-order valence-electron chi connectivity index (χ4n) is 2.52. The molecule has 0 heterocycles. The number of carbonyl (C=O) groups excluding carboxylic acids is 2. The fraction of sp³-hybridized carbons (Fsp3) is 0.0909. The van der Waals surface area contributed by atoms with Crippen LogP contribution in [0.4, 0.5) is 16.2 Å². The van der Waals surface area contributed by atoms with Crippen molar-refractivity contribution in [2.45, 2.75) is 10.6 Å². The largest absolute Gasteiger partial charge is 0.341 e. The van der Waals surface area contributed by atoms with Gasteiger partial charge in [-0.25, -0.2) is 4.79 Å². The molecule has 7 heteroatoms. The Kier molecular flexibility index (Phi) is 7.16. The second-order valence-electron chi connectivity index (χ2n) is 6.18. The third-order valence-electron chi connectivity index (χ3n) is 4.04. The first-order valence-corrected chi connectivity index (χ1v) is 10.3. The second-order valence-corrected chi connectivity index (χ2v) is 7.66. The van der Waals surface area contributed by atoms with Crippen molar-refractivity contribution in [3.63, 3.8) is 0 Å². The van der Waals surface area contributed by atoms with E-state index in [2.05, 4.69) is 16.0 Å². The summed E-state index contributed by atoms with van der Waals surface area (Å²) in [5.74, 6) is 0.593. The van der Waals surface area contributed by atoms with Crippen molar-refractivity contribution in [1.82, 2.24) is 5.32 Å². The van der Waals surface area contributed by atoms with Gasteiger partial charge in [-0.1, -0.05) is 29.8 Å². The highest BCUT2D eigenvalue weighted by atomic mass is 35.5. The summed E-state index contributed by atoms with van der Waals surface area (Å²) in [6.07, 6.45) is 0. The van der Waals surface area contributed by atoms with Gasteiger partial charge in [0, 0.05) is 39.7 Å². The van der Waals surface area contributed by atoms with E-state index in [1.54, 1.807) is 55.2 Å². The van der Waals surface area contributed by atoms with Crippen LogP contribution in [0.25, 0.3) is 0 Å². The zero-order valence-corrected chi connectivity index (χ0v) is 17.3. The van der Waals surface area contributed by atoms with E-state index in [1.807, 2.05) is 36.4 Å². The van der Waals surface area contributed by atoms with Crippen molar-refractivity contribution < 1.29 is 9.59 Å². The number of hydrogen-bond acceptors (Lipinski definition) is 3. The van der Waals surface area contributed by atoms with Crippen molar-refractivity contribution in [3.8, 4) is 0 Å². The van der Waals surface area contributed by atoms with Gasteiger partial charge < -0.3 is 16.0 Å². The molecule has 0 atom stereocenters. The minimum Gasteiger partial charge on any atom is -0.341 e. The van der Waals surface area contributed by atoms with Crippen LogP contribution in [0.2, 0.25) is 5.02 Å². The number of halogens is 1. The first-order valence-electron chi connectivity index (χ1n) is 8.91. The van der Waals surface area contributed by atoms with Crippen molar-refractivity contribution in [2.75, 3.05) is 17.7 Å². The Balaban J connectivity index is 1.58. The standard InChI is InChI=1S/C22H20ClN3O2S/c1-24-22(28)26-19-4-2-3-18(13-19)25-21(27)16-7-5-15(6-8-16)14-29-20-11-9-17(23)10-12-20/h2-13H,14H2,1H3,(H,25,27)(H2,24,26,28). The average molecular weight is 426 g/mol. The number of urea groups is 1. The first kappa shape index (κ1) is 20.8. The Morgan fingerprint density at radius 2 is 1.55 bits per heavy atom. The van der Waals surface area contributed by atoms with Gasteiger partial charge in [-0.2, -0.15) is 0 Å². The molecule has 0 aliphatic rings. The highest BCUT2D eigenvalue weighted by Gasteiger charge is 2.07. The summed E-state index contributed by atoms with van der Waals surface area (Å²) in [5.41, 5.74) is 2.89. The normalized spacial score (nSPS) is 10.3. The molecule has 0 aromatic heterocycles. The van der Waals surface area contributed by atoms with Crippen LogP contribution < -0.4 is 16.0 Å². The van der Waals surface area contributed by atoms with Crippen molar-refractivity contribution in [3.05, 3.63) is 88.9 Å². The third-order valence-corrected chi connectivity index (χ3v) is 5.38. The molecule has 0 radical (unpaired) electrons. The van der Waals surface area contributed by atoms with Crippen LogP contribution >= 0.6 is 23.4 Å². The molecule has 0 unspecified atom stereocenters. The van der Waals surface area contributed by atoms with Crippen LogP contribution in [-0.4, -0.2) is 19.0 Å². The van der Waals surface area contributed by atoms with Gasteiger partial charge in [0.2, 0.25) is 0 Å². The fourth-order valence-corrected chi connectivity index (χ4v) is 3.50. The number of nitrogens with one attached hydrogen (secondary N) is 3. The molecule has 148 valence electrons. The number of amides is 3. The zero-order chi connectivity index (χ0) is 20.6. The van der Waals surface area contributed by atoms with Crippen LogP contribution in [0.1, 0.15) is 15.9 Å². The van der Waals surface area contributed by atoms with Gasteiger partial charge in [0.05, 0.1) is 0 Å². The molecule has 29 heavy (non-hydrogen) atoms. The molecule has 0 spiro atoms. The lowest BCUT2D eigenvalue weighted by atomic mass is 10.1. The SMILES string of the molecule is CNC(=O)Nc1cccc(NC(=O)c2ccc(CSc3ccc(Cl)cc3)cc2)c1. The van der Waals surface area contributed by atoms with E-state index in [0.29, 0.717) is 16.9 Å². The van der Waals surface area contributed by atoms with E-state index in [-0.39, 0.29) is 11.9 Å². The first-order chi connectivity index (χ1) is 14.0. The molecule has 5 nitrogen and oxygen atoms in total. The summed E-state index contributed by atoms with van der Waals surface area (Å²) in [4.78, 5) is 25.0. The molecule has 0 fully saturated rings. The van der Waals surface area contributed by atoms with E-state index in [9.17, 15) is 9.59 Å². The summed E-state index contributed by atoms with van der Waals surface area (Å²) in [7, 11) is 1.54. The van der Waals surface area contributed by atoms with Gasteiger partial charge in [-0.15, -0.1) is 11.8 Å². The van der Waals surface area contributed by atoms with Gasteiger partial charge in [0.25, 0.3) is 5.91 Å². The van der Waals surface area contributed by atoms with Crippen molar-refractivity contribution in [1.29, 1.82) is 0 Å². The number of rotatable bonds is 6. The Hall–Kier alpha value is -2.96. The molecule has 3 aromatic rings. The number of benzene rings is 3. The van der Waals surface area contributed by atoms with Crippen molar-refractivity contribution in [2.24, 2.45) is 0 Å². The number of thioether (sulfide) groups is 1. The Labute approximate surface area is 178 Å². The van der Waals surface area contributed by atoms with Crippen LogP contribution in [0.15, 0.2) is 77.7 Å². The van der Waals surface area contributed by atoms with Gasteiger partial charge in [-0.05, 0) is 60.2 Å². The predicted octanol–water partition coefficient (Wildman–Crippen LogP) is 5.64. The summed E-state index contributed by atoms with van der Waals surface area (Å²) in [6, 6.07) is 21.9. The summed E-state index contributed by atoms with van der Waals surface area (Å²) in [6.45, 7) is 0. The third kappa shape index (κ3) is 6.27. The van der Waals surface area contributed by atoms with E-state index in [0.717, 1.165) is 21.2 Å². The predicted molar refractivity (Wildman–Crippen MR) is 120 cm³/mol. The lowest BCUT2D eigenvalue weighted by molar-refractivity contribution is 0.102. The monoisotopic (exact) mass is 425 g/mol. The minimum absolute atomic E-state index is 0.209. The number of hydrogen-bond donors (Lipinski definition) is 3. The second kappa shape index (κ2) is 10.0. The molecule has 3 aromatic carbocycles. The molecule has 0 saturated carbocycles. The number of anilines is 2. The van der Waals surface area contributed by atoms with E-state index < -0.39 is 0 Å². The molecular weight excluding hydrogens is 406 g/mol. The molecule has 0 aliphatic heterocycles. The maximum atomic E-state index is 12.5. The highest BCUT2D eigenvalue weighted by molar-refractivity contribution is 7.98. The van der Waals surface area contributed by atoms with Gasteiger partial charge in [-0.3, -0.25) is 4.79 Å². The summed E-state index contributed by atoms with van der Waals surface area (Å²) in [5, 5.41) is 8.72. The van der Waals surface area contributed by atoms with Gasteiger partial charge in [0.1, 0.15) is 0 Å². The maximum Gasteiger partial charge on any atom is 0.318 e. The minimum atomic E-state index is -0.319. The molecule has 0 bridgehead atoms. The topological polar surface area (TPSA) is 70.2 Å². The molecule has 0 aliphatic carbocycles. The van der Waals surface area contributed by atoms with E-state index in [1.165, 1.54) is 0 Å². The van der Waals surface area contributed by atoms with Crippen LogP contribution in [0.5, 0.6) is 0 Å².